The van der Waals surface area contributed by atoms with Gasteiger partial charge in [-0.15, -0.1) is 5.10 Å². The number of hydrogen-bond acceptors (Lipinski definition) is 5. The lowest BCUT2D eigenvalue weighted by Gasteiger charge is -2.14. The molecule has 0 N–H and O–H groups in total. The highest BCUT2D eigenvalue weighted by Gasteiger charge is 2.24. The van der Waals surface area contributed by atoms with Crippen LogP contribution in [0.25, 0.3) is 16.9 Å². The molecule has 1 saturated heterocycles. The van der Waals surface area contributed by atoms with Gasteiger partial charge in [-0.1, -0.05) is 54.3 Å². The van der Waals surface area contributed by atoms with Crippen LogP contribution >= 0.6 is 24.0 Å². The highest BCUT2D eigenvalue weighted by molar-refractivity contribution is 8.23. The molecule has 1 amide bonds. The minimum absolute atomic E-state index is 0.158. The third-order valence-electron chi connectivity index (χ3n) is 4.21. The van der Waals surface area contributed by atoms with Crippen LogP contribution in [0.2, 0.25) is 0 Å². The quantitative estimate of drug-likeness (QED) is 0.594. The Labute approximate surface area is 171 Å². The number of halogens is 1. The van der Waals surface area contributed by atoms with Gasteiger partial charge in [0.15, 0.2) is 6.61 Å². The van der Waals surface area contributed by atoms with Crippen LogP contribution in [-0.2, 0) is 4.79 Å². The Hall–Kier alpha value is -2.71. The van der Waals surface area contributed by atoms with E-state index >= 15 is 0 Å². The van der Waals surface area contributed by atoms with Crippen molar-refractivity contribution in [3.05, 3.63) is 66.5 Å². The molecule has 0 bridgehead atoms. The SMILES string of the molecule is O=C(COc1cc(-c2cccc(F)c2)n(-c2ccccc2)n1)N1CCSC1=S. The molecule has 142 valence electrons. The number of para-hydroxylation sites is 1. The monoisotopic (exact) mass is 413 g/mol. The van der Waals surface area contributed by atoms with Crippen LogP contribution < -0.4 is 4.74 Å². The summed E-state index contributed by atoms with van der Waals surface area (Å²) in [7, 11) is 0. The van der Waals surface area contributed by atoms with Crippen molar-refractivity contribution in [2.75, 3.05) is 18.9 Å². The molecule has 0 aliphatic carbocycles. The van der Waals surface area contributed by atoms with Gasteiger partial charge in [-0.3, -0.25) is 9.69 Å². The van der Waals surface area contributed by atoms with Gasteiger partial charge in [-0.25, -0.2) is 9.07 Å². The van der Waals surface area contributed by atoms with Crippen molar-refractivity contribution >= 4 is 34.2 Å². The number of aromatic nitrogens is 2. The second kappa shape index (κ2) is 8.12. The van der Waals surface area contributed by atoms with Crippen molar-refractivity contribution in [3.63, 3.8) is 0 Å². The van der Waals surface area contributed by atoms with E-state index in [1.54, 1.807) is 27.8 Å². The molecular weight excluding hydrogens is 397 g/mol. The van der Waals surface area contributed by atoms with E-state index in [1.807, 2.05) is 30.3 Å². The van der Waals surface area contributed by atoms with Crippen molar-refractivity contribution < 1.29 is 13.9 Å². The predicted molar refractivity (Wildman–Crippen MR) is 111 cm³/mol. The first-order valence-electron chi connectivity index (χ1n) is 8.63. The summed E-state index contributed by atoms with van der Waals surface area (Å²) in [5.41, 5.74) is 2.13. The number of hydrogen-bond donors (Lipinski definition) is 0. The van der Waals surface area contributed by atoms with Gasteiger partial charge < -0.3 is 4.74 Å². The zero-order valence-electron chi connectivity index (χ0n) is 14.7. The Morgan fingerprint density at radius 1 is 1.18 bits per heavy atom. The summed E-state index contributed by atoms with van der Waals surface area (Å²) in [6.07, 6.45) is 0. The molecule has 0 unspecified atom stereocenters. The molecule has 1 aliphatic heterocycles. The Bertz CT molecular complexity index is 1020. The van der Waals surface area contributed by atoms with Crippen molar-refractivity contribution in [1.82, 2.24) is 14.7 Å². The van der Waals surface area contributed by atoms with Gasteiger partial charge in [0.05, 0.1) is 11.4 Å². The highest BCUT2D eigenvalue weighted by Crippen LogP contribution is 2.27. The first-order valence-corrected chi connectivity index (χ1v) is 10.0. The predicted octanol–water partition coefficient (Wildman–Crippen LogP) is 3.92. The molecule has 2 heterocycles. The Morgan fingerprint density at radius 3 is 2.71 bits per heavy atom. The maximum atomic E-state index is 13.7. The van der Waals surface area contributed by atoms with Crippen LogP contribution in [0.15, 0.2) is 60.7 Å². The van der Waals surface area contributed by atoms with Gasteiger partial charge in [0, 0.05) is 23.9 Å². The van der Waals surface area contributed by atoms with Crippen LogP contribution in [0.1, 0.15) is 0 Å². The smallest absolute Gasteiger partial charge is 0.266 e. The van der Waals surface area contributed by atoms with E-state index < -0.39 is 0 Å². The molecule has 2 aromatic carbocycles. The van der Waals surface area contributed by atoms with E-state index in [2.05, 4.69) is 5.10 Å². The van der Waals surface area contributed by atoms with E-state index in [4.69, 9.17) is 17.0 Å². The Balaban J connectivity index is 1.62. The first-order chi connectivity index (χ1) is 13.6. The van der Waals surface area contributed by atoms with Gasteiger partial charge in [-0.05, 0) is 24.3 Å². The van der Waals surface area contributed by atoms with Crippen molar-refractivity contribution in [3.8, 4) is 22.8 Å². The molecule has 4 rings (SSSR count). The Kier molecular flexibility index (Phi) is 5.40. The van der Waals surface area contributed by atoms with Crippen LogP contribution in [-0.4, -0.2) is 43.8 Å². The van der Waals surface area contributed by atoms with Crippen molar-refractivity contribution in [2.24, 2.45) is 0 Å². The van der Waals surface area contributed by atoms with E-state index in [0.29, 0.717) is 22.1 Å². The molecule has 0 atom stereocenters. The van der Waals surface area contributed by atoms with Gasteiger partial charge in [0.25, 0.3) is 5.91 Å². The van der Waals surface area contributed by atoms with Crippen molar-refractivity contribution in [1.29, 1.82) is 0 Å². The van der Waals surface area contributed by atoms with Gasteiger partial charge in [-0.2, -0.15) is 0 Å². The summed E-state index contributed by atoms with van der Waals surface area (Å²) in [6, 6.07) is 17.4. The maximum absolute atomic E-state index is 13.7. The summed E-state index contributed by atoms with van der Waals surface area (Å²) < 4.78 is 21.6. The molecule has 0 spiro atoms. The Morgan fingerprint density at radius 2 is 2.00 bits per heavy atom. The summed E-state index contributed by atoms with van der Waals surface area (Å²) in [5.74, 6) is 0.554. The normalized spacial score (nSPS) is 13.8. The summed E-state index contributed by atoms with van der Waals surface area (Å²) >= 11 is 6.65. The van der Waals surface area contributed by atoms with E-state index in [1.165, 1.54) is 23.9 Å². The van der Waals surface area contributed by atoms with Gasteiger partial charge in [0.2, 0.25) is 5.88 Å². The van der Waals surface area contributed by atoms with Crippen LogP contribution in [0, 0.1) is 5.82 Å². The molecule has 3 aromatic rings. The molecule has 8 heteroatoms. The number of ether oxygens (including phenoxy) is 1. The first kappa shape index (κ1) is 18.6. The van der Waals surface area contributed by atoms with Crippen LogP contribution in [0.3, 0.4) is 0 Å². The molecule has 28 heavy (non-hydrogen) atoms. The number of benzene rings is 2. The number of carbonyl (C=O) groups excluding carboxylic acids is 1. The number of thioether (sulfide) groups is 1. The average Bonchev–Trinajstić information content (AvgIpc) is 3.33. The maximum Gasteiger partial charge on any atom is 0.266 e. The molecular formula is C20H16FN3O2S2. The number of nitrogens with zero attached hydrogens (tertiary/aromatic N) is 3. The molecule has 5 nitrogen and oxygen atoms in total. The van der Waals surface area contributed by atoms with E-state index in [-0.39, 0.29) is 24.2 Å². The fourth-order valence-electron chi connectivity index (χ4n) is 2.88. The number of thiocarbonyl (C=S) groups is 1. The molecule has 0 radical (unpaired) electrons. The van der Waals surface area contributed by atoms with Crippen molar-refractivity contribution in [2.45, 2.75) is 0 Å². The summed E-state index contributed by atoms with van der Waals surface area (Å²) in [5, 5.41) is 4.47. The molecule has 1 fully saturated rings. The number of rotatable bonds is 5. The van der Waals surface area contributed by atoms with Crippen LogP contribution in [0.4, 0.5) is 4.39 Å². The molecule has 1 aromatic heterocycles. The minimum Gasteiger partial charge on any atom is -0.466 e. The average molecular weight is 413 g/mol. The second-order valence-electron chi connectivity index (χ2n) is 6.07. The fourth-order valence-corrected chi connectivity index (χ4v) is 4.12. The second-order valence-corrected chi connectivity index (χ2v) is 7.80. The zero-order chi connectivity index (χ0) is 19.5. The third kappa shape index (κ3) is 3.93. The third-order valence-corrected chi connectivity index (χ3v) is 5.64. The van der Waals surface area contributed by atoms with Gasteiger partial charge >= 0.3 is 0 Å². The van der Waals surface area contributed by atoms with Crippen LogP contribution in [0.5, 0.6) is 5.88 Å². The van der Waals surface area contributed by atoms with E-state index in [9.17, 15) is 9.18 Å². The topological polar surface area (TPSA) is 47.4 Å². The minimum atomic E-state index is -0.337. The summed E-state index contributed by atoms with van der Waals surface area (Å²) in [4.78, 5) is 13.9. The zero-order valence-corrected chi connectivity index (χ0v) is 16.4. The van der Waals surface area contributed by atoms with Gasteiger partial charge in [0.1, 0.15) is 10.1 Å². The fraction of sp³-hybridized carbons (Fsp3) is 0.150. The lowest BCUT2D eigenvalue weighted by atomic mass is 10.1. The largest absolute Gasteiger partial charge is 0.466 e. The number of amides is 1. The molecule has 1 aliphatic rings. The lowest BCUT2D eigenvalue weighted by molar-refractivity contribution is -0.129. The lowest BCUT2D eigenvalue weighted by Crippen LogP contribution is -2.34. The molecule has 0 saturated carbocycles. The summed E-state index contributed by atoms with van der Waals surface area (Å²) in [6.45, 7) is 0.438. The standard InChI is InChI=1S/C20H16FN3O2S2/c21-15-6-4-5-14(11-15)17-12-18(22-24(17)16-7-2-1-3-8-16)26-13-19(25)23-9-10-28-20(23)27/h1-8,11-12H,9-10,13H2. The highest BCUT2D eigenvalue weighted by atomic mass is 32.2. The van der Waals surface area contributed by atoms with E-state index in [0.717, 1.165) is 11.4 Å². The number of carbonyl (C=O) groups is 1.